The zero-order valence-electron chi connectivity index (χ0n) is 78.7. The van der Waals surface area contributed by atoms with Crippen LogP contribution in [0, 0.1) is 0 Å². The molecule has 0 saturated carbocycles. The van der Waals surface area contributed by atoms with Gasteiger partial charge in [-0.15, -0.1) is 0 Å². The minimum atomic E-state index is 0.0551. The van der Waals surface area contributed by atoms with Gasteiger partial charge in [-0.1, -0.05) is 340 Å². The summed E-state index contributed by atoms with van der Waals surface area (Å²) in [5.41, 5.74) is 4.14. The Bertz CT molecular complexity index is 6390. The average molecular weight is 1780 g/mol. The third-order valence-electron chi connectivity index (χ3n) is 24.6. The van der Waals surface area contributed by atoms with Gasteiger partial charge in [-0.3, -0.25) is 0 Å². The molecule has 18 heteroatoms. The predicted octanol–water partition coefficient (Wildman–Crippen LogP) is 30.9. The summed E-state index contributed by atoms with van der Waals surface area (Å²) < 4.78 is 35.2. The molecule has 0 aliphatic rings. The number of hydrogen-bond acceptors (Lipinski definition) is 18. The molecule has 133 heavy (non-hydrogen) atoms. The van der Waals surface area contributed by atoms with Crippen LogP contribution in [0.5, 0.6) is 52.5 Å². The Kier molecular flexibility index (Phi) is 36.5. The Morgan fingerprint density at radius 3 is 0.932 bits per heavy atom. The molecule has 0 aliphatic heterocycles. The van der Waals surface area contributed by atoms with Crippen LogP contribution in [0.1, 0.15) is 234 Å². The van der Waals surface area contributed by atoms with Crippen molar-refractivity contribution in [2.45, 2.75) is 234 Å². The molecule has 0 aliphatic carbocycles. The first-order chi connectivity index (χ1) is 65.5. The Morgan fingerprint density at radius 1 is 0.203 bits per heavy atom. The maximum atomic E-state index is 11.1. The summed E-state index contributed by atoms with van der Waals surface area (Å²) in [7, 11) is 0. The average Bonchev–Trinajstić information content (AvgIpc) is 0.635. The van der Waals surface area contributed by atoms with Gasteiger partial charge >= 0.3 is 18.0 Å². The standard InChI is InChI=1S/C41H45N3O3.2C37H43N3O3/c1-3-5-6-7-8-9-10-11-12-17-26-47-30-23-25-35(38(45)27-30)39-42-40(44-41(43-39)46-4-2)37-28-36-31-19-14-13-18-29(31)22-24-34(36)32-20-15-16-21-33(32)37;1-3-5-6-7-8-9-10-11-12-17-24-43-29-22-23-32(33(41)26-29)35-38-36(40-37(39-35)42-4-2)34-30-20-15-13-18-27(30)25-28-19-14-16-21-31(28)34;1-3-5-6-7-8-9-10-11-12-15-22-43-32-20-21-33(34(41)26-32)36-38-35(39-37(40-36)42-4-2)30-19-18-29-23-27-16-13-14-17-28(27)24-31(29)25-30/h13-16,18-25,27-28,45H,3-12,17,26H2,1-2H3;13-16,18-23,25-26,41H,3-12,17,24H2,1-2H3;13-14,16-21,23-26,41H,3-12,15,22H2,1-2H3. The molecule has 0 bridgehead atoms. The minimum absolute atomic E-state index is 0.0551. The number of rotatable bonds is 48. The quantitative estimate of drug-likeness (QED) is 0.0183. The molecule has 13 aromatic carbocycles. The van der Waals surface area contributed by atoms with Crippen LogP contribution in [0.3, 0.4) is 0 Å². The molecule has 16 aromatic rings. The number of aromatic hydroxyl groups is 3. The maximum absolute atomic E-state index is 11.1. The van der Waals surface area contributed by atoms with Crippen LogP contribution in [0.25, 0.3) is 144 Å². The molecule has 16 rings (SSSR count). The molecule has 3 N–H and O–H groups in total. The van der Waals surface area contributed by atoms with Gasteiger partial charge in [0.2, 0.25) is 0 Å². The zero-order chi connectivity index (χ0) is 92.1. The van der Waals surface area contributed by atoms with Crippen LogP contribution in [-0.4, -0.2) is 99.8 Å². The van der Waals surface area contributed by atoms with E-state index in [2.05, 4.69) is 174 Å². The van der Waals surface area contributed by atoms with E-state index in [4.69, 9.17) is 53.3 Å². The largest absolute Gasteiger partial charge is 0.507 e. The molecule has 3 aromatic heterocycles. The summed E-state index contributed by atoms with van der Waals surface area (Å²) in [6, 6.07) is 77.4. The highest BCUT2D eigenvalue weighted by Crippen LogP contribution is 2.43. The van der Waals surface area contributed by atoms with Gasteiger partial charge < -0.3 is 43.7 Å². The van der Waals surface area contributed by atoms with E-state index >= 15 is 0 Å². The lowest BCUT2D eigenvalue weighted by Crippen LogP contribution is -2.04. The molecule has 3 heterocycles. The second-order valence-corrected chi connectivity index (χ2v) is 34.5. The highest BCUT2D eigenvalue weighted by Gasteiger charge is 2.23. The number of hydrogen-bond donors (Lipinski definition) is 3. The lowest BCUT2D eigenvalue weighted by Gasteiger charge is -2.14. The summed E-state index contributed by atoms with van der Waals surface area (Å²) in [5, 5.41) is 48.8. The summed E-state index contributed by atoms with van der Waals surface area (Å²) in [4.78, 5) is 42.2. The molecular weight excluding hydrogens is 1650 g/mol. The number of ether oxygens (including phenoxy) is 6. The summed E-state index contributed by atoms with van der Waals surface area (Å²) in [5.74, 6) is 4.61. The monoisotopic (exact) mass is 1780 g/mol. The van der Waals surface area contributed by atoms with E-state index in [1.807, 2.05) is 87.5 Å². The molecular formula is C115H131N9O9. The number of aromatic nitrogens is 9. The van der Waals surface area contributed by atoms with Crippen molar-refractivity contribution in [3.05, 3.63) is 231 Å². The van der Waals surface area contributed by atoms with Crippen molar-refractivity contribution in [3.63, 3.8) is 0 Å². The SMILES string of the molecule is CCCCCCCCCCCCOc1ccc(-c2nc(OCC)nc(-c3c4ccccc4cc4ccccc34)n2)c(O)c1.CCCCCCCCCCCCOc1ccc(-c2nc(OCC)nc(-c3cc4c5ccccc5ccc4c4ccccc34)n2)c(O)c1.CCCCCCCCCCCCOc1ccc(-c2nc(OCC)nc(-c3ccc4cc5ccccc5cc4c3)n2)c(O)c1. The number of phenols is 3. The number of benzene rings is 13. The third kappa shape index (κ3) is 26.7. The van der Waals surface area contributed by atoms with Crippen molar-refractivity contribution in [1.82, 2.24) is 44.9 Å². The van der Waals surface area contributed by atoms with E-state index in [-0.39, 0.29) is 35.3 Å². The highest BCUT2D eigenvalue weighted by molar-refractivity contribution is 6.21. The number of phenolic OH excluding ortho intramolecular Hbond substituents is 3. The first kappa shape index (κ1) is 96.0. The van der Waals surface area contributed by atoms with Crippen LogP contribution < -0.4 is 28.4 Å². The first-order valence-electron chi connectivity index (χ1n) is 49.2. The van der Waals surface area contributed by atoms with Crippen molar-refractivity contribution in [2.75, 3.05) is 39.6 Å². The molecule has 690 valence electrons. The fourth-order valence-corrected chi connectivity index (χ4v) is 17.5. The van der Waals surface area contributed by atoms with Gasteiger partial charge in [-0.25, -0.2) is 15.0 Å². The van der Waals surface area contributed by atoms with Crippen molar-refractivity contribution in [3.8, 4) is 121 Å². The highest BCUT2D eigenvalue weighted by atomic mass is 16.5. The summed E-state index contributed by atoms with van der Waals surface area (Å²) in [6.07, 6.45) is 38.4. The lowest BCUT2D eigenvalue weighted by atomic mass is 9.93. The molecule has 0 saturated heterocycles. The normalized spacial score (nSPS) is 11.4. The van der Waals surface area contributed by atoms with Gasteiger partial charge in [0.05, 0.1) is 56.3 Å². The van der Waals surface area contributed by atoms with Crippen LogP contribution in [0.15, 0.2) is 231 Å². The van der Waals surface area contributed by atoms with Crippen LogP contribution >= 0.6 is 0 Å². The second kappa shape index (κ2) is 50.5. The van der Waals surface area contributed by atoms with Crippen molar-refractivity contribution < 1.29 is 43.7 Å². The lowest BCUT2D eigenvalue weighted by molar-refractivity contribution is 0.302. The van der Waals surface area contributed by atoms with E-state index in [1.54, 1.807) is 30.3 Å². The fraction of sp³-hybridized carbons (Fsp3) is 0.365. The maximum Gasteiger partial charge on any atom is 0.320 e. The Labute approximate surface area is 784 Å². The van der Waals surface area contributed by atoms with E-state index in [0.717, 1.165) is 104 Å². The van der Waals surface area contributed by atoms with Gasteiger partial charge in [-0.05, 0) is 182 Å². The smallest absolute Gasteiger partial charge is 0.320 e. The van der Waals surface area contributed by atoms with Gasteiger partial charge in [0.25, 0.3) is 0 Å². The Morgan fingerprint density at radius 2 is 0.511 bits per heavy atom. The van der Waals surface area contributed by atoms with Crippen molar-refractivity contribution in [1.29, 1.82) is 0 Å². The molecule has 0 spiro atoms. The first-order valence-corrected chi connectivity index (χ1v) is 49.2. The van der Waals surface area contributed by atoms with Gasteiger partial charge in [0.1, 0.15) is 34.5 Å². The number of nitrogens with zero attached hydrogens (tertiary/aromatic N) is 9. The van der Waals surface area contributed by atoms with Crippen LogP contribution in [0.4, 0.5) is 0 Å². The summed E-state index contributed by atoms with van der Waals surface area (Å²) >= 11 is 0. The second-order valence-electron chi connectivity index (χ2n) is 34.5. The zero-order valence-corrected chi connectivity index (χ0v) is 78.7. The Hall–Kier alpha value is -13.1. The molecule has 0 unspecified atom stereocenters. The minimum Gasteiger partial charge on any atom is -0.507 e. The predicted molar refractivity (Wildman–Crippen MR) is 545 cm³/mol. The number of unbranched alkanes of at least 4 members (excludes halogenated alkanes) is 27. The number of fused-ring (bicyclic) bond motifs is 9. The third-order valence-corrected chi connectivity index (χ3v) is 24.6. The van der Waals surface area contributed by atoms with Crippen molar-refractivity contribution >= 4 is 75.4 Å². The van der Waals surface area contributed by atoms with E-state index < -0.39 is 0 Å². The molecule has 18 nitrogen and oxygen atoms in total. The molecule has 0 fully saturated rings. The molecule has 0 radical (unpaired) electrons. The fourth-order valence-electron chi connectivity index (χ4n) is 17.5. The van der Waals surface area contributed by atoms with Gasteiger partial charge in [0, 0.05) is 34.9 Å². The van der Waals surface area contributed by atoms with E-state index in [0.29, 0.717) is 109 Å². The van der Waals surface area contributed by atoms with Crippen molar-refractivity contribution in [2.24, 2.45) is 0 Å². The van der Waals surface area contributed by atoms with Gasteiger partial charge in [-0.2, -0.15) is 29.9 Å². The van der Waals surface area contributed by atoms with Gasteiger partial charge in [0.15, 0.2) is 34.9 Å². The molecule has 0 atom stereocenters. The summed E-state index contributed by atoms with van der Waals surface area (Å²) in [6.45, 7) is 15.6. The Balaban J connectivity index is 0.000000161. The molecule has 0 amide bonds. The van der Waals surface area contributed by atoms with Crippen LogP contribution in [0.2, 0.25) is 0 Å². The van der Waals surface area contributed by atoms with Crippen LogP contribution in [-0.2, 0) is 0 Å². The van der Waals surface area contributed by atoms with E-state index in [9.17, 15) is 15.3 Å². The van der Waals surface area contributed by atoms with E-state index in [1.165, 1.54) is 181 Å². The topological polar surface area (TPSA) is 232 Å².